The van der Waals surface area contributed by atoms with Crippen LogP contribution in [0, 0.1) is 5.82 Å². The van der Waals surface area contributed by atoms with Gasteiger partial charge in [0.25, 0.3) is 0 Å². The molecule has 0 saturated carbocycles. The lowest BCUT2D eigenvalue weighted by molar-refractivity contribution is -0.161. The molecule has 2 amide bonds. The molecule has 0 radical (unpaired) electrons. The molecule has 2 heterocycles. The first-order chi connectivity index (χ1) is 12.6. The smallest absolute Gasteiger partial charge is 0.327 e. The Bertz CT molecular complexity index is 810. The summed E-state index contributed by atoms with van der Waals surface area (Å²) < 4.78 is 12.2. The Hall–Kier alpha value is -2.42. The van der Waals surface area contributed by atoms with Crippen molar-refractivity contribution in [2.75, 3.05) is 0 Å². The molecule has 0 aromatic heterocycles. The number of thioether (sulfide) groups is 1. The number of fused-ring (bicyclic) bond motifs is 1. The molecule has 0 bridgehead atoms. The number of ketones is 1. The van der Waals surface area contributed by atoms with Gasteiger partial charge in [-0.1, -0.05) is 0 Å². The van der Waals surface area contributed by atoms with E-state index in [2.05, 4.69) is 5.32 Å². The van der Waals surface area contributed by atoms with Gasteiger partial charge < -0.3 is 15.3 Å². The zero-order chi connectivity index (χ0) is 19.9. The predicted molar refractivity (Wildman–Crippen MR) is 95.6 cm³/mol. The highest BCUT2D eigenvalue weighted by atomic mass is 32.2. The van der Waals surface area contributed by atoms with Gasteiger partial charge in [-0.15, -0.1) is 11.8 Å². The van der Waals surface area contributed by atoms with E-state index in [-0.39, 0.29) is 18.6 Å². The van der Waals surface area contributed by atoms with Gasteiger partial charge in [0.1, 0.15) is 23.3 Å². The van der Waals surface area contributed by atoms with Gasteiger partial charge in [0, 0.05) is 23.2 Å². The largest absolute Gasteiger partial charge is 0.480 e. The molecule has 27 heavy (non-hydrogen) atoms. The second kappa shape index (κ2) is 6.95. The van der Waals surface area contributed by atoms with Crippen LogP contribution in [-0.4, -0.2) is 55.8 Å². The number of rotatable bonds is 6. The van der Waals surface area contributed by atoms with E-state index in [9.17, 15) is 28.7 Å². The van der Waals surface area contributed by atoms with Crippen molar-refractivity contribution in [2.45, 2.75) is 48.9 Å². The van der Waals surface area contributed by atoms with Crippen LogP contribution in [0.5, 0.6) is 0 Å². The standard InChI is InChI=1S/C18H19FN2O5S/c1-18(2)14(17(25)26)21-15(24)13(16(21)27-18)20-12(23)8-7-11(22)9-3-5-10(19)6-4-9/h3-6,13-14,16H,7-8H2,1-2H3,(H,20,23)(H,25,26)/t13-,14+,16-/m1/s1. The number of hydrogen-bond donors (Lipinski definition) is 2. The quantitative estimate of drug-likeness (QED) is 0.559. The molecule has 9 heteroatoms. The third kappa shape index (κ3) is 3.55. The highest BCUT2D eigenvalue weighted by Crippen LogP contribution is 2.50. The summed E-state index contributed by atoms with van der Waals surface area (Å²) in [5.41, 5.74) is 0.312. The summed E-state index contributed by atoms with van der Waals surface area (Å²) in [6, 6.07) is 3.33. The Balaban J connectivity index is 1.55. The second-order valence-electron chi connectivity index (χ2n) is 7.07. The highest BCUT2D eigenvalue weighted by molar-refractivity contribution is 8.01. The van der Waals surface area contributed by atoms with Crippen LogP contribution in [0.4, 0.5) is 4.39 Å². The fraction of sp³-hybridized carbons (Fsp3) is 0.444. The number of nitrogens with zero attached hydrogens (tertiary/aromatic N) is 1. The van der Waals surface area contributed by atoms with E-state index in [1.54, 1.807) is 13.8 Å². The Morgan fingerprint density at radius 3 is 2.44 bits per heavy atom. The first-order valence-electron chi connectivity index (χ1n) is 8.43. The van der Waals surface area contributed by atoms with Crippen LogP contribution < -0.4 is 5.32 Å². The summed E-state index contributed by atoms with van der Waals surface area (Å²) in [5, 5.41) is 11.5. The molecule has 3 atom stereocenters. The van der Waals surface area contributed by atoms with Crippen molar-refractivity contribution in [3.05, 3.63) is 35.6 Å². The molecule has 0 unspecified atom stereocenters. The number of amides is 2. The van der Waals surface area contributed by atoms with Crippen molar-refractivity contribution in [1.29, 1.82) is 0 Å². The van der Waals surface area contributed by atoms with Crippen molar-refractivity contribution in [1.82, 2.24) is 10.2 Å². The second-order valence-corrected chi connectivity index (χ2v) is 8.84. The van der Waals surface area contributed by atoms with Crippen LogP contribution in [0.3, 0.4) is 0 Å². The van der Waals surface area contributed by atoms with E-state index >= 15 is 0 Å². The first-order valence-corrected chi connectivity index (χ1v) is 9.31. The van der Waals surface area contributed by atoms with E-state index in [1.165, 1.54) is 40.9 Å². The van der Waals surface area contributed by atoms with Gasteiger partial charge in [-0.3, -0.25) is 14.4 Å². The number of benzene rings is 1. The number of carbonyl (C=O) groups excluding carboxylic acids is 3. The maximum atomic E-state index is 12.9. The summed E-state index contributed by atoms with van der Waals surface area (Å²) in [7, 11) is 0. The average molecular weight is 394 g/mol. The van der Waals surface area contributed by atoms with Crippen LogP contribution in [0.1, 0.15) is 37.0 Å². The predicted octanol–water partition coefficient (Wildman–Crippen LogP) is 1.42. The maximum absolute atomic E-state index is 12.9. The summed E-state index contributed by atoms with van der Waals surface area (Å²) in [4.78, 5) is 49.2. The third-order valence-corrected chi connectivity index (χ3v) is 6.31. The minimum absolute atomic E-state index is 0.0663. The molecule has 7 nitrogen and oxygen atoms in total. The van der Waals surface area contributed by atoms with Crippen molar-refractivity contribution >= 4 is 35.3 Å². The fourth-order valence-electron chi connectivity index (χ4n) is 3.40. The van der Waals surface area contributed by atoms with Crippen molar-refractivity contribution in [2.24, 2.45) is 0 Å². The molecule has 2 N–H and O–H groups in total. The van der Waals surface area contributed by atoms with Gasteiger partial charge >= 0.3 is 5.97 Å². The lowest BCUT2D eigenvalue weighted by atomic mass is 9.96. The van der Waals surface area contributed by atoms with Gasteiger partial charge in [-0.25, -0.2) is 9.18 Å². The number of aliphatic carboxylic acids is 1. The Morgan fingerprint density at radius 1 is 1.22 bits per heavy atom. The van der Waals surface area contributed by atoms with E-state index in [4.69, 9.17) is 0 Å². The fourth-order valence-corrected chi connectivity index (χ4v) is 5.02. The monoisotopic (exact) mass is 394 g/mol. The lowest BCUT2D eigenvalue weighted by Gasteiger charge is -2.43. The molecular formula is C18H19FN2O5S. The Kier molecular flexibility index (Phi) is 4.98. The van der Waals surface area contributed by atoms with E-state index < -0.39 is 45.8 Å². The number of nitrogens with one attached hydrogen (secondary N) is 1. The van der Waals surface area contributed by atoms with E-state index in [0.29, 0.717) is 5.56 Å². The van der Waals surface area contributed by atoms with Crippen LogP contribution in [0.15, 0.2) is 24.3 Å². The molecular weight excluding hydrogens is 375 g/mol. The van der Waals surface area contributed by atoms with Crippen LogP contribution >= 0.6 is 11.8 Å². The molecule has 0 aliphatic carbocycles. The number of hydrogen-bond acceptors (Lipinski definition) is 5. The summed E-state index contributed by atoms with van der Waals surface area (Å²) >= 11 is 1.34. The molecule has 144 valence electrons. The molecule has 0 spiro atoms. The summed E-state index contributed by atoms with van der Waals surface area (Å²) in [6.45, 7) is 3.50. The summed E-state index contributed by atoms with van der Waals surface area (Å²) in [6.07, 6.45) is -0.174. The molecule has 1 aromatic carbocycles. The van der Waals surface area contributed by atoms with Gasteiger partial charge in [0.2, 0.25) is 11.8 Å². The minimum Gasteiger partial charge on any atom is -0.480 e. The number of carbonyl (C=O) groups is 4. The average Bonchev–Trinajstić information content (AvgIpc) is 2.86. The van der Waals surface area contributed by atoms with Gasteiger partial charge in [-0.2, -0.15) is 0 Å². The van der Waals surface area contributed by atoms with E-state index in [1.807, 2.05) is 0 Å². The Labute approximate surface area is 159 Å². The van der Waals surface area contributed by atoms with Crippen molar-refractivity contribution in [3.8, 4) is 0 Å². The molecule has 3 rings (SSSR count). The SMILES string of the molecule is CC1(C)S[C@@H]2[C@H](NC(=O)CCC(=O)c3ccc(F)cc3)C(=O)N2[C@H]1C(=O)O. The van der Waals surface area contributed by atoms with Crippen LogP contribution in [0.25, 0.3) is 0 Å². The third-order valence-electron chi connectivity index (χ3n) is 4.74. The minimum atomic E-state index is -1.07. The summed E-state index contributed by atoms with van der Waals surface area (Å²) in [5.74, 6) is -2.70. The van der Waals surface area contributed by atoms with Crippen molar-refractivity contribution < 1.29 is 28.7 Å². The molecule has 2 saturated heterocycles. The number of carboxylic acid groups (broad SMARTS) is 1. The number of halogens is 1. The first kappa shape index (κ1) is 19.3. The molecule has 2 aliphatic rings. The zero-order valence-corrected chi connectivity index (χ0v) is 15.6. The lowest BCUT2D eigenvalue weighted by Crippen LogP contribution is -2.70. The number of β-lactam (4-membered cyclic amide) rings is 1. The van der Waals surface area contributed by atoms with Gasteiger partial charge in [-0.05, 0) is 38.1 Å². The topological polar surface area (TPSA) is 104 Å². The highest BCUT2D eigenvalue weighted by Gasteiger charge is 2.64. The zero-order valence-electron chi connectivity index (χ0n) is 14.8. The van der Waals surface area contributed by atoms with Crippen LogP contribution in [-0.2, 0) is 14.4 Å². The molecule has 2 aliphatic heterocycles. The van der Waals surface area contributed by atoms with Crippen molar-refractivity contribution in [3.63, 3.8) is 0 Å². The maximum Gasteiger partial charge on any atom is 0.327 e. The number of carboxylic acids is 1. The normalized spacial score (nSPS) is 25.5. The van der Waals surface area contributed by atoms with Gasteiger partial charge in [0.15, 0.2) is 5.78 Å². The van der Waals surface area contributed by atoms with E-state index in [0.717, 1.165) is 0 Å². The van der Waals surface area contributed by atoms with Crippen LogP contribution in [0.2, 0.25) is 0 Å². The molecule has 1 aromatic rings. The van der Waals surface area contributed by atoms with Gasteiger partial charge in [0.05, 0.1) is 0 Å². The molecule has 2 fully saturated rings. The number of Topliss-reactive ketones (excluding diaryl/α,β-unsaturated/α-hetero) is 1. The Morgan fingerprint density at radius 2 is 1.85 bits per heavy atom.